The lowest BCUT2D eigenvalue weighted by Crippen LogP contribution is -2.25. The van der Waals surface area contributed by atoms with Crippen LogP contribution in [0.1, 0.15) is 20.9 Å². The predicted molar refractivity (Wildman–Crippen MR) is 94.8 cm³/mol. The molecule has 0 atom stereocenters. The molecule has 0 radical (unpaired) electrons. The Morgan fingerprint density at radius 1 is 1.04 bits per heavy atom. The van der Waals surface area contributed by atoms with Gasteiger partial charge in [0.2, 0.25) is 0 Å². The fourth-order valence-corrected chi connectivity index (χ4v) is 3.18. The van der Waals surface area contributed by atoms with Crippen LogP contribution in [0.2, 0.25) is 0 Å². The van der Waals surface area contributed by atoms with Gasteiger partial charge in [0.15, 0.2) is 0 Å². The Morgan fingerprint density at radius 3 is 2.39 bits per heavy atom. The maximum atomic E-state index is 12.2. The molecule has 3 nitrogen and oxygen atoms in total. The number of rotatable bonds is 5. The minimum absolute atomic E-state index is 0.0354. The van der Waals surface area contributed by atoms with Crippen LogP contribution in [0.3, 0.4) is 0 Å². The van der Waals surface area contributed by atoms with Gasteiger partial charge in [0.05, 0.1) is 11.2 Å². The van der Waals surface area contributed by atoms with Gasteiger partial charge in [-0.25, -0.2) is 4.98 Å². The predicted octanol–water partition coefficient (Wildman–Crippen LogP) is 4.09. The van der Waals surface area contributed by atoms with Crippen LogP contribution in [0.25, 0.3) is 11.1 Å². The Bertz CT molecular complexity index is 779. The van der Waals surface area contributed by atoms with E-state index in [4.69, 9.17) is 0 Å². The first kappa shape index (κ1) is 15.4. The second kappa shape index (κ2) is 7.20. The first-order chi connectivity index (χ1) is 11.2. The van der Waals surface area contributed by atoms with E-state index in [1.807, 2.05) is 54.9 Å². The lowest BCUT2D eigenvalue weighted by atomic mass is 10.0. The third-order valence-electron chi connectivity index (χ3n) is 3.74. The van der Waals surface area contributed by atoms with E-state index in [1.54, 1.807) is 11.3 Å². The summed E-state index contributed by atoms with van der Waals surface area (Å²) in [4.78, 5) is 17.6. The van der Waals surface area contributed by atoms with Gasteiger partial charge in [0.1, 0.15) is 0 Å². The van der Waals surface area contributed by atoms with Crippen LogP contribution in [0.5, 0.6) is 0 Å². The summed E-state index contributed by atoms with van der Waals surface area (Å²) in [6.07, 6.45) is 0.824. The molecule has 23 heavy (non-hydrogen) atoms. The normalized spacial score (nSPS) is 10.5. The summed E-state index contributed by atoms with van der Waals surface area (Å²) in [5, 5.41) is 2.96. The number of aryl methyl sites for hydroxylation is 1. The van der Waals surface area contributed by atoms with Crippen LogP contribution in [-0.2, 0) is 6.42 Å². The highest BCUT2D eigenvalue weighted by molar-refractivity contribution is 7.09. The SMILES string of the molecule is Cc1ncsc1CCNC(=O)c1ccc(-c2ccccc2)cc1. The lowest BCUT2D eigenvalue weighted by Gasteiger charge is -2.06. The fraction of sp³-hybridized carbons (Fsp3) is 0.158. The molecule has 0 bridgehead atoms. The van der Waals surface area contributed by atoms with Crippen LogP contribution >= 0.6 is 11.3 Å². The molecule has 0 aliphatic carbocycles. The van der Waals surface area contributed by atoms with E-state index < -0.39 is 0 Å². The Balaban J connectivity index is 1.58. The summed E-state index contributed by atoms with van der Waals surface area (Å²) < 4.78 is 0. The Morgan fingerprint density at radius 2 is 1.74 bits per heavy atom. The number of carbonyl (C=O) groups is 1. The summed E-state index contributed by atoms with van der Waals surface area (Å²) in [5.41, 5.74) is 5.85. The molecule has 0 unspecified atom stereocenters. The second-order valence-electron chi connectivity index (χ2n) is 5.31. The van der Waals surface area contributed by atoms with Crippen molar-refractivity contribution in [3.63, 3.8) is 0 Å². The van der Waals surface area contributed by atoms with Crippen molar-refractivity contribution in [3.05, 3.63) is 76.2 Å². The molecule has 1 amide bonds. The van der Waals surface area contributed by atoms with Crippen molar-refractivity contribution in [2.24, 2.45) is 0 Å². The molecule has 1 N–H and O–H groups in total. The maximum absolute atomic E-state index is 12.2. The quantitative estimate of drug-likeness (QED) is 0.768. The van der Waals surface area contributed by atoms with E-state index >= 15 is 0 Å². The topological polar surface area (TPSA) is 42.0 Å². The molecule has 1 heterocycles. The summed E-state index contributed by atoms with van der Waals surface area (Å²) >= 11 is 1.63. The smallest absolute Gasteiger partial charge is 0.251 e. The summed E-state index contributed by atoms with van der Waals surface area (Å²) in [6.45, 7) is 2.62. The van der Waals surface area contributed by atoms with Gasteiger partial charge >= 0.3 is 0 Å². The number of nitrogens with one attached hydrogen (secondary N) is 1. The average molecular weight is 322 g/mol. The average Bonchev–Trinajstić information content (AvgIpc) is 3.01. The maximum Gasteiger partial charge on any atom is 0.251 e. The number of amides is 1. The number of carbonyl (C=O) groups excluding carboxylic acids is 1. The zero-order chi connectivity index (χ0) is 16.1. The van der Waals surface area contributed by atoms with E-state index in [2.05, 4.69) is 22.4 Å². The molecule has 1 aromatic heterocycles. The molecule has 3 aromatic rings. The van der Waals surface area contributed by atoms with Crippen molar-refractivity contribution in [2.75, 3.05) is 6.54 Å². The molecular formula is C19H18N2OS. The van der Waals surface area contributed by atoms with Crippen LogP contribution < -0.4 is 5.32 Å². The first-order valence-corrected chi connectivity index (χ1v) is 8.44. The molecular weight excluding hydrogens is 304 g/mol. The van der Waals surface area contributed by atoms with Crippen molar-refractivity contribution in [1.82, 2.24) is 10.3 Å². The Hall–Kier alpha value is -2.46. The standard InChI is InChI=1S/C19H18N2OS/c1-14-18(23-13-21-14)11-12-20-19(22)17-9-7-16(8-10-17)15-5-3-2-4-6-15/h2-10,13H,11-12H2,1H3,(H,20,22). The highest BCUT2D eigenvalue weighted by Crippen LogP contribution is 2.19. The van der Waals surface area contributed by atoms with E-state index in [1.165, 1.54) is 4.88 Å². The first-order valence-electron chi connectivity index (χ1n) is 7.56. The minimum Gasteiger partial charge on any atom is -0.352 e. The van der Waals surface area contributed by atoms with E-state index in [9.17, 15) is 4.79 Å². The third-order valence-corrected chi connectivity index (χ3v) is 4.73. The lowest BCUT2D eigenvalue weighted by molar-refractivity contribution is 0.0954. The molecule has 0 saturated carbocycles. The van der Waals surface area contributed by atoms with Gasteiger partial charge in [-0.05, 0) is 30.2 Å². The summed E-state index contributed by atoms with van der Waals surface area (Å²) in [7, 11) is 0. The monoisotopic (exact) mass is 322 g/mol. The van der Waals surface area contributed by atoms with Crippen LogP contribution in [0, 0.1) is 6.92 Å². The van der Waals surface area contributed by atoms with Gasteiger partial charge < -0.3 is 5.32 Å². The highest BCUT2D eigenvalue weighted by Gasteiger charge is 2.07. The molecule has 0 fully saturated rings. The zero-order valence-electron chi connectivity index (χ0n) is 13.0. The molecule has 3 rings (SSSR count). The molecule has 116 valence electrons. The van der Waals surface area contributed by atoms with E-state index in [0.29, 0.717) is 12.1 Å². The van der Waals surface area contributed by atoms with Crippen LogP contribution in [0.4, 0.5) is 0 Å². The fourth-order valence-electron chi connectivity index (χ4n) is 2.40. The molecule has 0 spiro atoms. The van der Waals surface area contributed by atoms with Gasteiger partial charge in [0, 0.05) is 23.4 Å². The number of aromatic nitrogens is 1. The summed E-state index contributed by atoms with van der Waals surface area (Å²) in [6, 6.07) is 17.9. The number of nitrogens with zero attached hydrogens (tertiary/aromatic N) is 1. The number of thiazole rings is 1. The van der Waals surface area contributed by atoms with Gasteiger partial charge in [-0.2, -0.15) is 0 Å². The van der Waals surface area contributed by atoms with Crippen LogP contribution in [0.15, 0.2) is 60.1 Å². The number of hydrogen-bond acceptors (Lipinski definition) is 3. The largest absolute Gasteiger partial charge is 0.352 e. The van der Waals surface area contributed by atoms with Crippen LogP contribution in [-0.4, -0.2) is 17.4 Å². The van der Waals surface area contributed by atoms with Gasteiger partial charge in [-0.3, -0.25) is 4.79 Å². The van der Waals surface area contributed by atoms with Crippen molar-refractivity contribution in [2.45, 2.75) is 13.3 Å². The molecule has 2 aromatic carbocycles. The minimum atomic E-state index is -0.0354. The van der Waals surface area contributed by atoms with E-state index in [-0.39, 0.29) is 5.91 Å². The van der Waals surface area contributed by atoms with Gasteiger partial charge in [-0.15, -0.1) is 11.3 Å². The molecule has 0 aliphatic heterocycles. The van der Waals surface area contributed by atoms with Gasteiger partial charge in [-0.1, -0.05) is 42.5 Å². The third kappa shape index (κ3) is 3.85. The molecule has 4 heteroatoms. The van der Waals surface area contributed by atoms with E-state index in [0.717, 1.165) is 23.2 Å². The van der Waals surface area contributed by atoms with Gasteiger partial charge in [0.25, 0.3) is 5.91 Å². The Kier molecular flexibility index (Phi) is 4.83. The number of benzene rings is 2. The highest BCUT2D eigenvalue weighted by atomic mass is 32.1. The van der Waals surface area contributed by atoms with Crippen molar-refractivity contribution in [1.29, 1.82) is 0 Å². The molecule has 0 aliphatic rings. The van der Waals surface area contributed by atoms with Crippen molar-refractivity contribution >= 4 is 17.2 Å². The summed E-state index contributed by atoms with van der Waals surface area (Å²) in [5.74, 6) is -0.0354. The number of hydrogen-bond donors (Lipinski definition) is 1. The van der Waals surface area contributed by atoms with Crippen molar-refractivity contribution < 1.29 is 4.79 Å². The molecule has 0 saturated heterocycles. The zero-order valence-corrected chi connectivity index (χ0v) is 13.8. The van der Waals surface area contributed by atoms with Crippen molar-refractivity contribution in [3.8, 4) is 11.1 Å². The Labute approximate surface area is 140 Å². The second-order valence-corrected chi connectivity index (χ2v) is 6.25.